The normalized spacial score (nSPS) is 10.6. The molecule has 0 fully saturated rings. The number of aryl methyl sites for hydroxylation is 1. The summed E-state index contributed by atoms with van der Waals surface area (Å²) in [7, 11) is 0. The molecule has 0 aliphatic heterocycles. The molecule has 0 spiro atoms. The Morgan fingerprint density at radius 1 is 1.41 bits per heavy atom. The number of terminal acetylenes is 1. The minimum atomic E-state index is 0.0419. The van der Waals surface area contributed by atoms with Gasteiger partial charge in [0.05, 0.1) is 6.61 Å². The Labute approximate surface area is 106 Å². The van der Waals surface area contributed by atoms with E-state index in [1.807, 2.05) is 24.4 Å². The number of aliphatic hydroxyl groups excluding tert-OH is 1. The molecule has 0 saturated carbocycles. The summed E-state index contributed by atoms with van der Waals surface area (Å²) >= 11 is 6.00. The molecule has 3 heteroatoms. The van der Waals surface area contributed by atoms with Gasteiger partial charge in [0.25, 0.3) is 0 Å². The van der Waals surface area contributed by atoms with Crippen LogP contribution in [0, 0.1) is 12.3 Å². The van der Waals surface area contributed by atoms with Gasteiger partial charge < -0.3 is 9.67 Å². The molecule has 0 aliphatic carbocycles. The smallest absolute Gasteiger partial charge is 0.0702 e. The molecule has 0 saturated heterocycles. The molecule has 2 nitrogen and oxygen atoms in total. The maximum absolute atomic E-state index is 9.31. The van der Waals surface area contributed by atoms with Crippen molar-refractivity contribution in [1.29, 1.82) is 0 Å². The van der Waals surface area contributed by atoms with Crippen molar-refractivity contribution in [3.05, 3.63) is 35.0 Å². The number of nitrogens with zero attached hydrogens (tertiary/aromatic N) is 1. The Balaban J connectivity index is 2.40. The fourth-order valence-corrected chi connectivity index (χ4v) is 2.17. The van der Waals surface area contributed by atoms with Gasteiger partial charge in [-0.15, -0.1) is 12.3 Å². The number of benzene rings is 1. The molecule has 1 aromatic heterocycles. The molecule has 1 aromatic carbocycles. The fourth-order valence-electron chi connectivity index (χ4n) is 2.00. The van der Waals surface area contributed by atoms with E-state index in [-0.39, 0.29) is 6.61 Å². The first-order valence-corrected chi connectivity index (χ1v) is 5.95. The van der Waals surface area contributed by atoms with Gasteiger partial charge in [-0.05, 0) is 18.6 Å². The molecule has 2 aromatic rings. The van der Waals surface area contributed by atoms with E-state index < -0.39 is 0 Å². The van der Waals surface area contributed by atoms with Gasteiger partial charge >= 0.3 is 0 Å². The van der Waals surface area contributed by atoms with Crippen LogP contribution < -0.4 is 0 Å². The lowest BCUT2D eigenvalue weighted by Crippen LogP contribution is -1.95. The molecule has 88 valence electrons. The SMILES string of the molecule is C#CCCCn1cc(CO)c2ccc(Cl)cc21. The number of rotatable bonds is 4. The van der Waals surface area contributed by atoms with E-state index in [2.05, 4.69) is 10.5 Å². The first kappa shape index (κ1) is 12.0. The highest BCUT2D eigenvalue weighted by Gasteiger charge is 2.07. The summed E-state index contributed by atoms with van der Waals surface area (Å²) in [5, 5.41) is 11.1. The van der Waals surface area contributed by atoms with Crippen molar-refractivity contribution in [3.8, 4) is 12.3 Å². The van der Waals surface area contributed by atoms with Crippen LogP contribution in [0.15, 0.2) is 24.4 Å². The van der Waals surface area contributed by atoms with Crippen LogP contribution in [0.2, 0.25) is 5.02 Å². The number of hydrogen-bond acceptors (Lipinski definition) is 1. The highest BCUT2D eigenvalue weighted by molar-refractivity contribution is 6.31. The molecule has 17 heavy (non-hydrogen) atoms. The zero-order valence-electron chi connectivity index (χ0n) is 9.49. The van der Waals surface area contributed by atoms with Crippen molar-refractivity contribution in [3.63, 3.8) is 0 Å². The van der Waals surface area contributed by atoms with Crippen molar-refractivity contribution in [2.45, 2.75) is 26.0 Å². The van der Waals surface area contributed by atoms with E-state index in [1.54, 1.807) is 0 Å². The topological polar surface area (TPSA) is 25.2 Å². The fraction of sp³-hybridized carbons (Fsp3) is 0.286. The summed E-state index contributed by atoms with van der Waals surface area (Å²) in [6.45, 7) is 0.890. The Kier molecular flexibility index (Phi) is 3.73. The Bertz CT molecular complexity index is 565. The van der Waals surface area contributed by atoms with Crippen LogP contribution >= 0.6 is 11.6 Å². The third-order valence-electron chi connectivity index (χ3n) is 2.82. The summed E-state index contributed by atoms with van der Waals surface area (Å²) in [6, 6.07) is 5.71. The second-order valence-electron chi connectivity index (χ2n) is 3.97. The number of aliphatic hydroxyl groups is 1. The van der Waals surface area contributed by atoms with Crippen LogP contribution in [-0.4, -0.2) is 9.67 Å². The third-order valence-corrected chi connectivity index (χ3v) is 3.05. The second kappa shape index (κ2) is 5.27. The third kappa shape index (κ3) is 2.46. The van der Waals surface area contributed by atoms with Crippen LogP contribution in [0.5, 0.6) is 0 Å². The van der Waals surface area contributed by atoms with Crippen molar-refractivity contribution < 1.29 is 5.11 Å². The average molecular weight is 248 g/mol. The predicted octanol–water partition coefficient (Wildman–Crippen LogP) is 3.20. The predicted molar refractivity (Wildman–Crippen MR) is 70.9 cm³/mol. The summed E-state index contributed by atoms with van der Waals surface area (Å²) in [5.41, 5.74) is 1.98. The zero-order chi connectivity index (χ0) is 12.3. The van der Waals surface area contributed by atoms with E-state index in [4.69, 9.17) is 18.0 Å². The largest absolute Gasteiger partial charge is 0.392 e. The van der Waals surface area contributed by atoms with Crippen molar-refractivity contribution in [2.75, 3.05) is 0 Å². The van der Waals surface area contributed by atoms with Crippen molar-refractivity contribution in [2.24, 2.45) is 0 Å². The monoisotopic (exact) mass is 247 g/mol. The van der Waals surface area contributed by atoms with Gasteiger partial charge in [-0.2, -0.15) is 0 Å². The highest BCUT2D eigenvalue weighted by atomic mass is 35.5. The van der Waals surface area contributed by atoms with Crippen LogP contribution in [0.25, 0.3) is 10.9 Å². The van der Waals surface area contributed by atoms with Crippen LogP contribution in [-0.2, 0) is 13.2 Å². The van der Waals surface area contributed by atoms with Gasteiger partial charge in [-0.1, -0.05) is 17.7 Å². The van der Waals surface area contributed by atoms with Crippen LogP contribution in [0.3, 0.4) is 0 Å². The average Bonchev–Trinajstić information content (AvgIpc) is 2.67. The summed E-state index contributed by atoms with van der Waals surface area (Å²) in [4.78, 5) is 0. The van der Waals surface area contributed by atoms with E-state index in [0.717, 1.165) is 35.9 Å². The molecule has 1 heterocycles. The Hall–Kier alpha value is -1.43. The van der Waals surface area contributed by atoms with Gasteiger partial charge in [0.15, 0.2) is 0 Å². The van der Waals surface area contributed by atoms with Gasteiger partial charge in [0, 0.05) is 40.7 Å². The number of halogens is 1. The quantitative estimate of drug-likeness (QED) is 0.652. The van der Waals surface area contributed by atoms with Gasteiger partial charge in [-0.25, -0.2) is 0 Å². The molecule has 0 radical (unpaired) electrons. The molecule has 0 aliphatic rings. The van der Waals surface area contributed by atoms with Crippen molar-refractivity contribution >= 4 is 22.5 Å². The van der Waals surface area contributed by atoms with Crippen molar-refractivity contribution in [1.82, 2.24) is 4.57 Å². The van der Waals surface area contributed by atoms with Crippen LogP contribution in [0.4, 0.5) is 0 Å². The minimum Gasteiger partial charge on any atom is -0.392 e. The second-order valence-corrected chi connectivity index (χ2v) is 4.41. The lowest BCUT2D eigenvalue weighted by molar-refractivity contribution is 0.283. The molecule has 1 N–H and O–H groups in total. The van der Waals surface area contributed by atoms with E-state index >= 15 is 0 Å². The zero-order valence-corrected chi connectivity index (χ0v) is 10.2. The van der Waals surface area contributed by atoms with Crippen LogP contribution in [0.1, 0.15) is 18.4 Å². The molecule has 0 unspecified atom stereocenters. The molecule has 0 atom stereocenters. The lowest BCUT2D eigenvalue weighted by Gasteiger charge is -2.03. The standard InChI is InChI=1S/C14H14ClNO/c1-2-3-4-7-16-9-11(10-17)13-6-5-12(15)8-14(13)16/h1,5-6,8-9,17H,3-4,7,10H2. The Morgan fingerprint density at radius 3 is 2.94 bits per heavy atom. The number of fused-ring (bicyclic) bond motifs is 1. The van der Waals surface area contributed by atoms with Gasteiger partial charge in [0.2, 0.25) is 0 Å². The maximum atomic E-state index is 9.31. The molecule has 0 amide bonds. The van der Waals surface area contributed by atoms with E-state index in [0.29, 0.717) is 5.02 Å². The van der Waals surface area contributed by atoms with Gasteiger partial charge in [0.1, 0.15) is 0 Å². The first-order chi connectivity index (χ1) is 8.26. The van der Waals surface area contributed by atoms with E-state index in [1.165, 1.54) is 0 Å². The number of hydrogen-bond donors (Lipinski definition) is 1. The number of unbranched alkanes of at least 4 members (excludes halogenated alkanes) is 1. The molecule has 0 bridgehead atoms. The van der Waals surface area contributed by atoms with E-state index in [9.17, 15) is 5.11 Å². The molecular weight excluding hydrogens is 234 g/mol. The summed E-state index contributed by atoms with van der Waals surface area (Å²) in [5.74, 6) is 2.63. The summed E-state index contributed by atoms with van der Waals surface area (Å²) < 4.78 is 2.10. The molecule has 2 rings (SSSR count). The lowest BCUT2D eigenvalue weighted by atomic mass is 10.2. The summed E-state index contributed by atoms with van der Waals surface area (Å²) in [6.07, 6.45) is 8.90. The maximum Gasteiger partial charge on any atom is 0.0702 e. The number of aromatic nitrogens is 1. The molecular formula is C14H14ClNO. The highest BCUT2D eigenvalue weighted by Crippen LogP contribution is 2.25. The first-order valence-electron chi connectivity index (χ1n) is 5.58. The Morgan fingerprint density at radius 2 is 2.24 bits per heavy atom. The minimum absolute atomic E-state index is 0.0419. The van der Waals surface area contributed by atoms with Gasteiger partial charge in [-0.3, -0.25) is 0 Å².